The van der Waals surface area contributed by atoms with Crippen LogP contribution in [0, 0.1) is 11.6 Å². The Hall–Kier alpha value is -3.55. The molecule has 3 aromatic carbocycles. The number of aryl methyl sites for hydroxylation is 1. The number of halogens is 5. The summed E-state index contributed by atoms with van der Waals surface area (Å²) in [6, 6.07) is 14.0. The van der Waals surface area contributed by atoms with Crippen molar-refractivity contribution in [3.63, 3.8) is 0 Å². The van der Waals surface area contributed by atoms with Crippen molar-refractivity contribution < 1.29 is 39.9 Å². The molecule has 40 heavy (non-hydrogen) atoms. The number of nitrogens with one attached hydrogen (secondary N) is 2. The number of sulfonamides is 1. The second-order valence-electron chi connectivity index (χ2n) is 9.02. The maximum atomic E-state index is 13.7. The first-order valence-electron chi connectivity index (χ1n) is 12.2. The average Bonchev–Trinajstić information content (AvgIpc) is 2.87. The summed E-state index contributed by atoms with van der Waals surface area (Å²) in [7, 11) is -5.63. The van der Waals surface area contributed by atoms with Gasteiger partial charge in [-0.05, 0) is 65.9 Å². The Morgan fingerprint density at radius 3 is 2.17 bits per heavy atom. The molecular weight excluding hydrogens is 557 g/mol. The number of rotatable bonds is 12. The predicted molar refractivity (Wildman–Crippen MR) is 140 cm³/mol. The lowest BCUT2D eigenvalue weighted by Gasteiger charge is -2.25. The van der Waals surface area contributed by atoms with Gasteiger partial charge in [0.05, 0.1) is 5.56 Å². The molecule has 0 aromatic heterocycles. The van der Waals surface area contributed by atoms with E-state index in [-0.39, 0.29) is 24.1 Å². The normalized spacial score (nSPS) is 13.5. The maximum Gasteiger partial charge on any atom is 0.516 e. The molecule has 0 fully saturated rings. The lowest BCUT2D eigenvalue weighted by Crippen LogP contribution is -2.46. The van der Waals surface area contributed by atoms with Gasteiger partial charge in [0.1, 0.15) is 17.7 Å². The van der Waals surface area contributed by atoms with Crippen LogP contribution in [0.3, 0.4) is 0 Å². The molecule has 0 spiro atoms. The molecule has 2 atom stereocenters. The van der Waals surface area contributed by atoms with Crippen LogP contribution in [-0.2, 0) is 34.1 Å². The van der Waals surface area contributed by atoms with Gasteiger partial charge in [0, 0.05) is 30.9 Å². The highest BCUT2D eigenvalue weighted by atomic mass is 32.2. The van der Waals surface area contributed by atoms with Crippen LogP contribution in [0.4, 0.5) is 27.6 Å². The fourth-order valence-electron chi connectivity index (χ4n) is 3.82. The quantitative estimate of drug-likeness (QED) is 0.211. The zero-order chi connectivity index (χ0) is 29.5. The van der Waals surface area contributed by atoms with Crippen LogP contribution >= 0.6 is 0 Å². The van der Waals surface area contributed by atoms with E-state index in [9.17, 15) is 35.2 Å². The molecule has 0 aliphatic carbocycles. The molecule has 0 amide bonds. The first kappa shape index (κ1) is 31.0. The highest BCUT2D eigenvalue weighted by Crippen LogP contribution is 2.25. The van der Waals surface area contributed by atoms with E-state index in [0.29, 0.717) is 6.54 Å². The van der Waals surface area contributed by atoms with Crippen LogP contribution in [0.2, 0.25) is 0 Å². The van der Waals surface area contributed by atoms with Crippen LogP contribution in [-0.4, -0.2) is 38.6 Å². The minimum absolute atomic E-state index is 0.0300. The van der Waals surface area contributed by atoms with Gasteiger partial charge in [-0.25, -0.2) is 13.6 Å². The summed E-state index contributed by atoms with van der Waals surface area (Å²) in [5, 5.41) is 3.16. The number of benzene rings is 3. The number of anilines is 1. The number of ether oxygens (including phenoxy) is 1. The van der Waals surface area contributed by atoms with Crippen molar-refractivity contribution >= 4 is 21.7 Å². The summed E-state index contributed by atoms with van der Waals surface area (Å²) < 4.78 is 94.7. The first-order valence-corrected chi connectivity index (χ1v) is 13.6. The van der Waals surface area contributed by atoms with Gasteiger partial charge in [0.15, 0.2) is 0 Å². The highest BCUT2D eigenvalue weighted by Gasteiger charge is 2.46. The second-order valence-corrected chi connectivity index (χ2v) is 10.7. The van der Waals surface area contributed by atoms with Gasteiger partial charge >= 0.3 is 21.5 Å². The highest BCUT2D eigenvalue weighted by molar-refractivity contribution is 7.93. The van der Waals surface area contributed by atoms with E-state index in [1.165, 1.54) is 4.72 Å². The van der Waals surface area contributed by atoms with Gasteiger partial charge in [-0.3, -0.25) is 4.72 Å². The Kier molecular flexibility index (Phi) is 10.2. The Morgan fingerprint density at radius 2 is 1.57 bits per heavy atom. The molecule has 0 saturated heterocycles. The van der Waals surface area contributed by atoms with Crippen LogP contribution in [0.1, 0.15) is 34.0 Å². The molecule has 13 heteroatoms. The fourth-order valence-corrected chi connectivity index (χ4v) is 4.39. The Balaban J connectivity index is 1.73. The van der Waals surface area contributed by atoms with Crippen LogP contribution in [0.15, 0.2) is 66.7 Å². The molecule has 0 heterocycles. The summed E-state index contributed by atoms with van der Waals surface area (Å²) in [4.78, 5) is 12.8. The summed E-state index contributed by atoms with van der Waals surface area (Å²) in [6.45, 7) is 2.51. The monoisotopic (exact) mass is 585 g/mol. The van der Waals surface area contributed by atoms with Crippen molar-refractivity contribution in [2.24, 2.45) is 5.73 Å². The van der Waals surface area contributed by atoms with Crippen molar-refractivity contribution in [1.82, 2.24) is 5.32 Å². The van der Waals surface area contributed by atoms with E-state index in [1.54, 1.807) is 0 Å². The average molecular weight is 586 g/mol. The molecule has 0 aliphatic rings. The van der Waals surface area contributed by atoms with Crippen molar-refractivity contribution in [1.29, 1.82) is 0 Å². The van der Waals surface area contributed by atoms with E-state index < -0.39 is 51.0 Å². The number of carbonyl (C=O) groups excluding carboxylic acids is 1. The van der Waals surface area contributed by atoms with Crippen molar-refractivity contribution in [3.8, 4) is 0 Å². The predicted octanol–water partition coefficient (Wildman–Crippen LogP) is 4.67. The molecule has 3 aromatic rings. The van der Waals surface area contributed by atoms with Gasteiger partial charge in [0.25, 0.3) is 0 Å². The number of nitrogens with two attached hydrogens (primary N) is 1. The van der Waals surface area contributed by atoms with E-state index in [4.69, 9.17) is 10.5 Å². The molecule has 4 N–H and O–H groups in total. The second kappa shape index (κ2) is 13.2. The number of hydrogen-bond acceptors (Lipinski definition) is 6. The Bertz CT molecular complexity index is 1400. The first-order chi connectivity index (χ1) is 18.8. The van der Waals surface area contributed by atoms with Gasteiger partial charge in [0.2, 0.25) is 0 Å². The minimum atomic E-state index is -5.63. The molecule has 7 nitrogen and oxygen atoms in total. The van der Waals surface area contributed by atoms with Gasteiger partial charge in [-0.2, -0.15) is 21.6 Å². The summed E-state index contributed by atoms with van der Waals surface area (Å²) in [5.41, 5.74) is 2.64. The van der Waals surface area contributed by atoms with Crippen LogP contribution in [0.5, 0.6) is 0 Å². The number of carbonyl (C=O) groups is 1. The number of alkyl halides is 3. The minimum Gasteiger partial charge on any atom is -0.456 e. The summed E-state index contributed by atoms with van der Waals surface area (Å²) >= 11 is 0. The smallest absolute Gasteiger partial charge is 0.456 e. The van der Waals surface area contributed by atoms with Crippen LogP contribution in [0.25, 0.3) is 0 Å². The number of esters is 1. The van der Waals surface area contributed by atoms with E-state index in [0.717, 1.165) is 60.0 Å². The van der Waals surface area contributed by atoms with E-state index >= 15 is 0 Å². The zero-order valence-corrected chi connectivity index (χ0v) is 22.2. The van der Waals surface area contributed by atoms with Crippen molar-refractivity contribution in [2.75, 3.05) is 11.3 Å². The molecule has 0 unspecified atom stereocenters. The van der Waals surface area contributed by atoms with E-state index in [2.05, 4.69) is 5.32 Å². The van der Waals surface area contributed by atoms with Gasteiger partial charge in [-0.1, -0.05) is 31.2 Å². The standard InChI is InChI=1S/C27H28F5N3O4S/c1-2-17-4-3-5-18(10-17)15-34-16-25(24(33)13-19-11-21(28)14-22(29)12-19)39-26(36)20-6-8-23(9-7-20)35-40(37,38)27(30,31)32/h3-12,14,24-25,34-35H,2,13,15-16,33H2,1H3/t24-,25+/m0/s1. The number of hydrogen-bond donors (Lipinski definition) is 3. The lowest BCUT2D eigenvalue weighted by atomic mass is 10.0. The molecule has 0 saturated carbocycles. The Morgan fingerprint density at radius 1 is 0.950 bits per heavy atom. The topological polar surface area (TPSA) is 111 Å². The van der Waals surface area contributed by atoms with E-state index in [1.807, 2.05) is 31.2 Å². The maximum absolute atomic E-state index is 13.7. The third kappa shape index (κ3) is 8.73. The lowest BCUT2D eigenvalue weighted by molar-refractivity contribution is -0.0429. The molecule has 0 bridgehead atoms. The molecule has 216 valence electrons. The van der Waals surface area contributed by atoms with Gasteiger partial charge in [-0.15, -0.1) is 0 Å². The van der Waals surface area contributed by atoms with Crippen molar-refractivity contribution in [2.45, 2.75) is 44.0 Å². The summed E-state index contributed by atoms with van der Waals surface area (Å²) in [6.07, 6.45) is -0.159. The molecule has 0 aliphatic heterocycles. The fraction of sp³-hybridized carbons (Fsp3) is 0.296. The van der Waals surface area contributed by atoms with Crippen molar-refractivity contribution in [3.05, 3.63) is 101 Å². The van der Waals surface area contributed by atoms with Gasteiger partial charge < -0.3 is 15.8 Å². The molecule has 3 rings (SSSR count). The molecule has 0 radical (unpaired) electrons. The SMILES string of the molecule is CCc1cccc(CNC[C@@H](OC(=O)c2ccc(NS(=O)(=O)C(F)(F)F)cc2)[C@@H](N)Cc2cc(F)cc(F)c2)c1. The van der Waals surface area contributed by atoms with Crippen LogP contribution < -0.4 is 15.8 Å². The molecular formula is C27H28F5N3O4S. The zero-order valence-electron chi connectivity index (χ0n) is 21.3. The largest absolute Gasteiger partial charge is 0.516 e. The third-order valence-corrected chi connectivity index (χ3v) is 7.00. The third-order valence-electron chi connectivity index (χ3n) is 5.88. The Labute approximate surface area is 228 Å². The summed E-state index contributed by atoms with van der Waals surface area (Å²) in [5.74, 6) is -2.46.